The van der Waals surface area contributed by atoms with Crippen molar-refractivity contribution in [2.75, 3.05) is 24.5 Å². The highest BCUT2D eigenvalue weighted by Gasteiger charge is 2.48. The highest BCUT2D eigenvalue weighted by atomic mass is 16.3. The molecule has 2 aromatic rings. The lowest BCUT2D eigenvalue weighted by Crippen LogP contribution is -2.35. The van der Waals surface area contributed by atoms with Crippen LogP contribution in [0.2, 0.25) is 0 Å². The number of carbonyl (C=O) groups is 2. The van der Waals surface area contributed by atoms with E-state index in [0.29, 0.717) is 25.4 Å². The maximum absolute atomic E-state index is 12.6. The Hall–Kier alpha value is -2.57. The number of furan rings is 1. The lowest BCUT2D eigenvalue weighted by molar-refractivity contribution is -0.120. The van der Waals surface area contributed by atoms with Crippen LogP contribution in [-0.2, 0) is 11.8 Å². The Bertz CT molecular complexity index is 721. The first kappa shape index (κ1) is 13.1. The number of hydrogen-bond donors (Lipinski definition) is 0. The Morgan fingerprint density at radius 1 is 1.36 bits per heavy atom. The summed E-state index contributed by atoms with van der Waals surface area (Å²) in [5.41, 5.74) is 0.825. The summed E-state index contributed by atoms with van der Waals surface area (Å²) in [6, 6.07) is 3.35. The molecule has 0 saturated carbocycles. The molecule has 7 heteroatoms. The maximum Gasteiger partial charge on any atom is 0.289 e. The number of aryl methyl sites for hydroxylation is 1. The molecule has 2 amide bonds. The molecule has 22 heavy (non-hydrogen) atoms. The Kier molecular flexibility index (Phi) is 2.82. The Balaban J connectivity index is 1.49. The molecule has 2 aliphatic rings. The van der Waals surface area contributed by atoms with Crippen molar-refractivity contribution in [2.24, 2.45) is 18.9 Å². The van der Waals surface area contributed by atoms with Crippen LogP contribution in [0.5, 0.6) is 0 Å². The molecule has 0 aliphatic carbocycles. The van der Waals surface area contributed by atoms with Gasteiger partial charge in [-0.05, 0) is 12.1 Å². The molecule has 2 aromatic heterocycles. The van der Waals surface area contributed by atoms with Gasteiger partial charge in [-0.15, -0.1) is 0 Å². The summed E-state index contributed by atoms with van der Waals surface area (Å²) in [5, 5.41) is 4.11. The zero-order valence-electron chi connectivity index (χ0n) is 12.2. The highest BCUT2D eigenvalue weighted by molar-refractivity contribution is 5.99. The van der Waals surface area contributed by atoms with E-state index in [1.54, 1.807) is 32.8 Å². The van der Waals surface area contributed by atoms with Crippen LogP contribution in [0.15, 0.2) is 35.2 Å². The van der Waals surface area contributed by atoms with Crippen LogP contribution in [0.25, 0.3) is 0 Å². The predicted molar refractivity (Wildman–Crippen MR) is 77.2 cm³/mol. The van der Waals surface area contributed by atoms with Gasteiger partial charge in [-0.1, -0.05) is 0 Å². The van der Waals surface area contributed by atoms with Crippen molar-refractivity contribution in [1.82, 2.24) is 14.7 Å². The van der Waals surface area contributed by atoms with E-state index < -0.39 is 0 Å². The second-order valence-corrected chi connectivity index (χ2v) is 5.88. The third kappa shape index (κ3) is 1.93. The zero-order chi connectivity index (χ0) is 15.3. The van der Waals surface area contributed by atoms with Crippen molar-refractivity contribution in [1.29, 1.82) is 0 Å². The molecule has 2 saturated heterocycles. The Morgan fingerprint density at radius 3 is 2.86 bits per heavy atom. The van der Waals surface area contributed by atoms with Crippen molar-refractivity contribution in [3.05, 3.63) is 36.5 Å². The first-order valence-electron chi connectivity index (χ1n) is 7.26. The number of nitrogens with zero attached hydrogens (tertiary/aromatic N) is 4. The summed E-state index contributed by atoms with van der Waals surface area (Å²) >= 11 is 0. The van der Waals surface area contributed by atoms with Crippen molar-refractivity contribution in [2.45, 2.75) is 0 Å². The Labute approximate surface area is 127 Å². The van der Waals surface area contributed by atoms with E-state index in [2.05, 4.69) is 5.10 Å². The quantitative estimate of drug-likeness (QED) is 0.820. The zero-order valence-corrected chi connectivity index (χ0v) is 12.2. The van der Waals surface area contributed by atoms with Crippen LogP contribution in [0.3, 0.4) is 0 Å². The molecular formula is C15H16N4O3. The normalized spacial score (nSPS) is 24.1. The van der Waals surface area contributed by atoms with Crippen LogP contribution in [0.4, 0.5) is 5.69 Å². The summed E-state index contributed by atoms with van der Waals surface area (Å²) < 4.78 is 6.84. The Morgan fingerprint density at radius 2 is 2.23 bits per heavy atom. The number of rotatable bonds is 2. The first-order valence-corrected chi connectivity index (χ1v) is 7.26. The summed E-state index contributed by atoms with van der Waals surface area (Å²) in [4.78, 5) is 28.4. The van der Waals surface area contributed by atoms with Gasteiger partial charge in [0, 0.05) is 38.8 Å². The van der Waals surface area contributed by atoms with Crippen LogP contribution in [-0.4, -0.2) is 46.1 Å². The van der Waals surface area contributed by atoms with E-state index in [1.807, 2.05) is 13.2 Å². The van der Waals surface area contributed by atoms with Gasteiger partial charge in [0.2, 0.25) is 5.91 Å². The van der Waals surface area contributed by atoms with E-state index in [9.17, 15) is 9.59 Å². The van der Waals surface area contributed by atoms with Gasteiger partial charge in [0.25, 0.3) is 5.91 Å². The molecule has 4 rings (SSSR count). The molecule has 2 aliphatic heterocycles. The molecule has 0 radical (unpaired) electrons. The van der Waals surface area contributed by atoms with Gasteiger partial charge in [-0.2, -0.15) is 5.10 Å². The summed E-state index contributed by atoms with van der Waals surface area (Å²) in [6.45, 7) is 1.68. The number of hydrogen-bond acceptors (Lipinski definition) is 4. The average molecular weight is 300 g/mol. The minimum Gasteiger partial charge on any atom is -0.459 e. The van der Waals surface area contributed by atoms with E-state index in [1.165, 1.54) is 6.26 Å². The molecule has 2 fully saturated rings. The number of fused-ring (bicyclic) bond motifs is 1. The van der Waals surface area contributed by atoms with Gasteiger partial charge in [0.05, 0.1) is 24.1 Å². The van der Waals surface area contributed by atoms with Crippen LogP contribution in [0, 0.1) is 11.8 Å². The predicted octanol–water partition coefficient (Wildman–Crippen LogP) is 0.748. The molecule has 114 valence electrons. The van der Waals surface area contributed by atoms with E-state index in [4.69, 9.17) is 4.42 Å². The van der Waals surface area contributed by atoms with Gasteiger partial charge in [-0.25, -0.2) is 0 Å². The lowest BCUT2D eigenvalue weighted by atomic mass is 10.0. The maximum atomic E-state index is 12.6. The van der Waals surface area contributed by atoms with Gasteiger partial charge in [0.15, 0.2) is 5.76 Å². The smallest absolute Gasteiger partial charge is 0.289 e. The molecule has 0 bridgehead atoms. The molecule has 0 unspecified atom stereocenters. The SMILES string of the molecule is Cn1cc(N2C[C@@H]3CN(C(=O)c4ccco4)C[C@@H]3C2=O)cn1. The van der Waals surface area contributed by atoms with Crippen molar-refractivity contribution >= 4 is 17.5 Å². The van der Waals surface area contributed by atoms with Crippen molar-refractivity contribution in [3.8, 4) is 0 Å². The van der Waals surface area contributed by atoms with Crippen LogP contribution >= 0.6 is 0 Å². The fourth-order valence-corrected chi connectivity index (χ4v) is 3.36. The third-order valence-corrected chi connectivity index (χ3v) is 4.46. The van der Waals surface area contributed by atoms with Gasteiger partial charge in [-0.3, -0.25) is 14.3 Å². The number of carbonyl (C=O) groups excluding carboxylic acids is 2. The van der Waals surface area contributed by atoms with E-state index in [0.717, 1.165) is 5.69 Å². The van der Waals surface area contributed by atoms with Gasteiger partial charge in [0.1, 0.15) is 0 Å². The lowest BCUT2D eigenvalue weighted by Gasteiger charge is -2.20. The number of aromatic nitrogens is 2. The average Bonchev–Trinajstić information content (AvgIpc) is 3.24. The van der Waals surface area contributed by atoms with E-state index >= 15 is 0 Å². The van der Waals surface area contributed by atoms with Gasteiger partial charge < -0.3 is 14.2 Å². The summed E-state index contributed by atoms with van der Waals surface area (Å²) in [6.07, 6.45) is 5.02. The van der Waals surface area contributed by atoms with Crippen LogP contribution < -0.4 is 4.90 Å². The minimum absolute atomic E-state index is 0.0766. The second kappa shape index (κ2) is 4.72. The highest BCUT2D eigenvalue weighted by Crippen LogP contribution is 2.35. The standard InChI is InChI=1S/C15H16N4O3/c1-17-8-11(5-16-17)19-7-10-6-18(9-12(10)14(19)20)15(21)13-3-2-4-22-13/h2-5,8,10,12H,6-7,9H2,1H3/t10-,12-/m0/s1. The molecule has 2 atom stereocenters. The van der Waals surface area contributed by atoms with Crippen LogP contribution in [0.1, 0.15) is 10.6 Å². The largest absolute Gasteiger partial charge is 0.459 e. The number of anilines is 1. The fourth-order valence-electron chi connectivity index (χ4n) is 3.36. The summed E-state index contributed by atoms with van der Waals surface area (Å²) in [7, 11) is 1.83. The first-order chi connectivity index (χ1) is 10.6. The van der Waals surface area contributed by atoms with Crippen molar-refractivity contribution < 1.29 is 14.0 Å². The van der Waals surface area contributed by atoms with E-state index in [-0.39, 0.29) is 23.7 Å². The molecule has 7 nitrogen and oxygen atoms in total. The fraction of sp³-hybridized carbons (Fsp3) is 0.400. The summed E-state index contributed by atoms with van der Waals surface area (Å²) in [5.74, 6) is 0.315. The second-order valence-electron chi connectivity index (χ2n) is 5.88. The minimum atomic E-state index is -0.139. The van der Waals surface area contributed by atoms with Crippen molar-refractivity contribution in [3.63, 3.8) is 0 Å². The number of amides is 2. The molecule has 0 spiro atoms. The molecule has 0 N–H and O–H groups in total. The van der Waals surface area contributed by atoms with Gasteiger partial charge >= 0.3 is 0 Å². The number of likely N-dealkylation sites (tertiary alicyclic amines) is 1. The monoisotopic (exact) mass is 300 g/mol. The third-order valence-electron chi connectivity index (χ3n) is 4.46. The molecule has 0 aromatic carbocycles. The molecular weight excluding hydrogens is 284 g/mol. The molecule has 4 heterocycles. The topological polar surface area (TPSA) is 71.6 Å².